The van der Waals surface area contributed by atoms with Gasteiger partial charge in [0.2, 0.25) is 0 Å². The van der Waals surface area contributed by atoms with Crippen LogP contribution in [0.3, 0.4) is 0 Å². The third-order valence-electron chi connectivity index (χ3n) is 2.33. The highest BCUT2D eigenvalue weighted by Gasteiger charge is 2.10. The smallest absolute Gasteiger partial charge is 0.277 e. The summed E-state index contributed by atoms with van der Waals surface area (Å²) in [6, 6.07) is 7.35. The van der Waals surface area contributed by atoms with Crippen molar-refractivity contribution in [2.75, 3.05) is 6.61 Å². The number of carbonyl (C=O) groups is 1. The maximum Gasteiger partial charge on any atom is 0.277 e. The molecule has 2 rings (SSSR count). The molecular weight excluding hydrogens is 470 g/mol. The molecule has 2 N–H and O–H groups in total. The van der Waals surface area contributed by atoms with Crippen LogP contribution in [0, 0.1) is 0 Å². The molecule has 0 bridgehead atoms. The van der Waals surface area contributed by atoms with Crippen LogP contribution in [-0.4, -0.2) is 23.7 Å². The summed E-state index contributed by atoms with van der Waals surface area (Å²) in [6.45, 7) is -0.138. The number of rotatable bonds is 5. The first-order valence-corrected chi connectivity index (χ1v) is 8.17. The van der Waals surface area contributed by atoms with Gasteiger partial charge in [-0.2, -0.15) is 5.10 Å². The van der Waals surface area contributed by atoms with Crippen LogP contribution in [0.15, 0.2) is 49.0 Å². The molecule has 0 spiro atoms. The maximum absolute atomic E-state index is 11.6. The SMILES string of the molecule is O=C(COc1c(Br)cc(Br)cc1Br)NN=Cc1ccc[nH]1. The van der Waals surface area contributed by atoms with Crippen molar-refractivity contribution in [3.05, 3.63) is 49.6 Å². The predicted molar refractivity (Wildman–Crippen MR) is 91.6 cm³/mol. The number of hydrogen-bond acceptors (Lipinski definition) is 3. The van der Waals surface area contributed by atoms with Crippen LogP contribution in [-0.2, 0) is 4.79 Å². The lowest BCUT2D eigenvalue weighted by atomic mass is 10.3. The third kappa shape index (κ3) is 4.98. The normalized spacial score (nSPS) is 10.8. The lowest BCUT2D eigenvalue weighted by Gasteiger charge is -2.09. The van der Waals surface area contributed by atoms with Gasteiger partial charge >= 0.3 is 0 Å². The van der Waals surface area contributed by atoms with E-state index in [-0.39, 0.29) is 12.5 Å². The molecule has 1 amide bonds. The summed E-state index contributed by atoms with van der Waals surface area (Å²) < 4.78 is 7.84. The Morgan fingerprint density at radius 2 is 2.05 bits per heavy atom. The van der Waals surface area contributed by atoms with Gasteiger partial charge in [0.1, 0.15) is 5.75 Å². The van der Waals surface area contributed by atoms with E-state index < -0.39 is 0 Å². The number of carbonyl (C=O) groups excluding carboxylic acids is 1. The molecule has 1 aromatic carbocycles. The molecule has 0 unspecified atom stereocenters. The number of hydrogen-bond donors (Lipinski definition) is 2. The number of aromatic amines is 1. The lowest BCUT2D eigenvalue weighted by Crippen LogP contribution is -2.24. The van der Waals surface area contributed by atoms with Crippen molar-refractivity contribution in [2.24, 2.45) is 5.10 Å². The van der Waals surface area contributed by atoms with Crippen LogP contribution in [0.25, 0.3) is 0 Å². The Bertz CT molecular complexity index is 634. The van der Waals surface area contributed by atoms with E-state index in [1.807, 2.05) is 24.3 Å². The molecule has 8 heteroatoms. The number of aromatic nitrogens is 1. The molecule has 0 aliphatic carbocycles. The largest absolute Gasteiger partial charge is 0.481 e. The molecular formula is C13H10Br3N3O2. The van der Waals surface area contributed by atoms with Gasteiger partial charge in [0.25, 0.3) is 5.91 Å². The molecule has 0 saturated carbocycles. The summed E-state index contributed by atoms with van der Waals surface area (Å²) in [5.41, 5.74) is 3.19. The molecule has 21 heavy (non-hydrogen) atoms. The zero-order chi connectivity index (χ0) is 15.2. The minimum atomic E-state index is -0.348. The second-order valence-corrected chi connectivity index (χ2v) is 6.53. The van der Waals surface area contributed by atoms with Gasteiger partial charge in [0, 0.05) is 10.7 Å². The number of halogens is 3. The van der Waals surface area contributed by atoms with Crippen molar-refractivity contribution < 1.29 is 9.53 Å². The van der Waals surface area contributed by atoms with Gasteiger partial charge in [-0.1, -0.05) is 15.9 Å². The second-order valence-electron chi connectivity index (χ2n) is 3.91. The maximum atomic E-state index is 11.6. The Hall–Kier alpha value is -1.12. The summed E-state index contributed by atoms with van der Waals surface area (Å²) in [5, 5.41) is 3.82. The molecule has 5 nitrogen and oxygen atoms in total. The molecule has 2 aromatic rings. The molecule has 0 saturated heterocycles. The van der Waals surface area contributed by atoms with Gasteiger partial charge in [-0.15, -0.1) is 0 Å². The van der Waals surface area contributed by atoms with Gasteiger partial charge in [0.15, 0.2) is 6.61 Å². The Morgan fingerprint density at radius 1 is 1.33 bits per heavy atom. The van der Waals surface area contributed by atoms with Gasteiger partial charge < -0.3 is 9.72 Å². The first kappa shape index (κ1) is 16.3. The van der Waals surface area contributed by atoms with Crippen LogP contribution in [0.4, 0.5) is 0 Å². The zero-order valence-electron chi connectivity index (χ0n) is 10.6. The van der Waals surface area contributed by atoms with E-state index in [1.165, 1.54) is 6.21 Å². The number of nitrogens with one attached hydrogen (secondary N) is 2. The molecule has 110 valence electrons. The fraction of sp³-hybridized carbons (Fsp3) is 0.0769. The molecule has 0 fully saturated rings. The Balaban J connectivity index is 1.87. The topological polar surface area (TPSA) is 66.5 Å². The summed E-state index contributed by atoms with van der Waals surface area (Å²) in [6.07, 6.45) is 3.29. The molecule has 0 aliphatic heterocycles. The molecule has 0 radical (unpaired) electrons. The number of ether oxygens (including phenoxy) is 1. The van der Waals surface area contributed by atoms with Crippen molar-refractivity contribution >= 4 is 59.9 Å². The van der Waals surface area contributed by atoms with E-state index in [0.717, 1.165) is 19.1 Å². The van der Waals surface area contributed by atoms with E-state index in [0.29, 0.717) is 5.75 Å². The summed E-state index contributed by atoms with van der Waals surface area (Å²) in [5.74, 6) is 0.209. The minimum absolute atomic E-state index is 0.138. The fourth-order valence-electron chi connectivity index (χ4n) is 1.44. The number of H-pyrrole nitrogens is 1. The molecule has 0 aliphatic rings. The van der Waals surface area contributed by atoms with Gasteiger partial charge in [-0.3, -0.25) is 4.79 Å². The quantitative estimate of drug-likeness (QED) is 0.505. The Labute approximate surface area is 146 Å². The average Bonchev–Trinajstić information content (AvgIpc) is 2.90. The van der Waals surface area contributed by atoms with Crippen molar-refractivity contribution in [3.63, 3.8) is 0 Å². The van der Waals surface area contributed by atoms with E-state index >= 15 is 0 Å². The lowest BCUT2D eigenvalue weighted by molar-refractivity contribution is -0.123. The highest BCUT2D eigenvalue weighted by atomic mass is 79.9. The van der Waals surface area contributed by atoms with Crippen molar-refractivity contribution in [2.45, 2.75) is 0 Å². The van der Waals surface area contributed by atoms with Crippen molar-refractivity contribution in [1.82, 2.24) is 10.4 Å². The highest BCUT2D eigenvalue weighted by molar-refractivity contribution is 9.11. The van der Waals surface area contributed by atoms with Gasteiger partial charge in [0.05, 0.1) is 20.9 Å². The van der Waals surface area contributed by atoms with E-state index in [4.69, 9.17) is 4.74 Å². The van der Waals surface area contributed by atoms with Crippen LogP contribution in [0.1, 0.15) is 5.69 Å². The summed E-state index contributed by atoms with van der Waals surface area (Å²) in [7, 11) is 0. The monoisotopic (exact) mass is 477 g/mol. The van der Waals surface area contributed by atoms with Crippen molar-refractivity contribution in [1.29, 1.82) is 0 Å². The van der Waals surface area contributed by atoms with Crippen LogP contribution >= 0.6 is 47.8 Å². The summed E-state index contributed by atoms with van der Waals surface area (Å²) in [4.78, 5) is 14.6. The number of nitrogens with zero attached hydrogens (tertiary/aromatic N) is 1. The number of hydrazone groups is 1. The zero-order valence-corrected chi connectivity index (χ0v) is 15.3. The second kappa shape index (κ2) is 7.77. The predicted octanol–water partition coefficient (Wildman–Crippen LogP) is 3.83. The number of benzene rings is 1. The van der Waals surface area contributed by atoms with Gasteiger partial charge in [-0.25, -0.2) is 5.43 Å². The first-order chi connectivity index (χ1) is 10.1. The van der Waals surface area contributed by atoms with Crippen LogP contribution in [0.2, 0.25) is 0 Å². The molecule has 1 heterocycles. The Kier molecular flexibility index (Phi) is 6.01. The average molecular weight is 480 g/mol. The van der Waals surface area contributed by atoms with Crippen LogP contribution < -0.4 is 10.2 Å². The highest BCUT2D eigenvalue weighted by Crippen LogP contribution is 2.36. The van der Waals surface area contributed by atoms with E-state index in [2.05, 4.69) is 63.3 Å². The standard InChI is InChI=1S/C13H10Br3N3O2/c14-8-4-10(15)13(11(16)5-8)21-7-12(20)19-18-6-9-2-1-3-17-9/h1-6,17H,7H2,(H,19,20). The Morgan fingerprint density at radius 3 is 2.67 bits per heavy atom. The third-order valence-corrected chi connectivity index (χ3v) is 3.96. The minimum Gasteiger partial charge on any atom is -0.481 e. The molecule has 1 aromatic heterocycles. The molecule has 0 atom stereocenters. The van der Waals surface area contributed by atoms with Crippen molar-refractivity contribution in [3.8, 4) is 5.75 Å². The first-order valence-electron chi connectivity index (χ1n) is 5.79. The van der Waals surface area contributed by atoms with E-state index in [1.54, 1.807) is 6.20 Å². The fourth-order valence-corrected chi connectivity index (χ4v) is 3.92. The van der Waals surface area contributed by atoms with Crippen LogP contribution in [0.5, 0.6) is 5.75 Å². The van der Waals surface area contributed by atoms with E-state index in [9.17, 15) is 4.79 Å². The number of amides is 1. The summed E-state index contributed by atoms with van der Waals surface area (Å²) >= 11 is 10.1. The van der Waals surface area contributed by atoms with Gasteiger partial charge in [-0.05, 0) is 56.1 Å².